The summed E-state index contributed by atoms with van der Waals surface area (Å²) in [6.07, 6.45) is -6.23. The van der Waals surface area contributed by atoms with E-state index in [0.717, 1.165) is 6.07 Å². The van der Waals surface area contributed by atoms with Crippen molar-refractivity contribution in [1.29, 1.82) is 0 Å². The Morgan fingerprint density at radius 2 is 1.80 bits per heavy atom. The fourth-order valence-corrected chi connectivity index (χ4v) is 2.94. The highest BCUT2D eigenvalue weighted by atomic mass is 32.2. The van der Waals surface area contributed by atoms with Crippen molar-refractivity contribution in [3.63, 3.8) is 0 Å². The molecular weight excluding hydrogens is 362 g/mol. The van der Waals surface area contributed by atoms with Crippen molar-refractivity contribution in [3.8, 4) is 0 Å². The van der Waals surface area contributed by atoms with Crippen LogP contribution in [-0.2, 0) is 26.4 Å². The van der Waals surface area contributed by atoms with Crippen molar-refractivity contribution < 1.29 is 31.6 Å². The average molecular weight is 383 g/mol. The third-order valence-electron chi connectivity index (χ3n) is 3.41. The van der Waals surface area contributed by atoms with Gasteiger partial charge in [0.25, 0.3) is 0 Å². The van der Waals surface area contributed by atoms with Gasteiger partial charge in [-0.25, -0.2) is 4.39 Å². The van der Waals surface area contributed by atoms with Crippen LogP contribution in [0.3, 0.4) is 0 Å². The molecule has 0 aromatic heterocycles. The predicted molar refractivity (Wildman–Crippen MR) is 86.6 cm³/mol. The van der Waals surface area contributed by atoms with E-state index >= 15 is 0 Å². The van der Waals surface area contributed by atoms with E-state index in [2.05, 4.69) is 9.46 Å². The standard InChI is InChI=1S/C16H21F4NO3S/c1-14(2,3)25(23)21-15(4,11-7-5-6-8-12(11)17)13(9-22)24-10-16(18,19)20/h5-9,13,21H,10H2,1-4H3/t13-,15+,25+/m0/s1. The van der Waals surface area contributed by atoms with Crippen molar-refractivity contribution in [2.45, 2.75) is 50.3 Å². The lowest BCUT2D eigenvalue weighted by molar-refractivity contribution is -0.190. The highest BCUT2D eigenvalue weighted by molar-refractivity contribution is 7.90. The third kappa shape index (κ3) is 5.95. The number of benzene rings is 1. The van der Waals surface area contributed by atoms with E-state index in [9.17, 15) is 26.9 Å². The number of ether oxygens (including phenoxy) is 1. The number of carbonyl (C=O) groups excluding carboxylic acids is 1. The lowest BCUT2D eigenvalue weighted by atomic mass is 9.87. The normalized spacial score (nSPS) is 17.6. The summed E-state index contributed by atoms with van der Waals surface area (Å²) in [6, 6.07) is 5.26. The molecule has 0 amide bonds. The Bertz CT molecular complexity index is 591. The van der Waals surface area contributed by atoms with E-state index in [1.165, 1.54) is 25.1 Å². The lowest BCUT2D eigenvalue weighted by Gasteiger charge is -2.38. The number of halogens is 4. The minimum Gasteiger partial charge on any atom is -0.598 e. The van der Waals surface area contributed by atoms with Gasteiger partial charge in [-0.15, -0.1) is 4.72 Å². The number of alkyl halides is 3. The van der Waals surface area contributed by atoms with Crippen LogP contribution in [0.25, 0.3) is 0 Å². The number of carbonyl (C=O) groups is 1. The van der Waals surface area contributed by atoms with Gasteiger partial charge in [-0.05, 0) is 33.8 Å². The molecule has 0 saturated heterocycles. The van der Waals surface area contributed by atoms with Crippen LogP contribution in [0.5, 0.6) is 0 Å². The zero-order chi connectivity index (χ0) is 19.5. The summed E-state index contributed by atoms with van der Waals surface area (Å²) < 4.78 is 70.6. The smallest absolute Gasteiger partial charge is 0.411 e. The number of rotatable bonds is 7. The molecular formula is C16H21F4NO3S. The van der Waals surface area contributed by atoms with Crippen molar-refractivity contribution in [1.82, 2.24) is 4.72 Å². The van der Waals surface area contributed by atoms with E-state index in [4.69, 9.17) is 0 Å². The van der Waals surface area contributed by atoms with E-state index < -0.39 is 46.4 Å². The van der Waals surface area contributed by atoms with Gasteiger partial charge in [0.15, 0.2) is 6.29 Å². The van der Waals surface area contributed by atoms with Gasteiger partial charge in [0.2, 0.25) is 0 Å². The second-order valence-corrected chi connectivity index (χ2v) is 8.61. The van der Waals surface area contributed by atoms with Crippen LogP contribution in [0.4, 0.5) is 17.6 Å². The molecule has 0 heterocycles. The average Bonchev–Trinajstić information content (AvgIpc) is 2.45. The summed E-state index contributed by atoms with van der Waals surface area (Å²) in [5.41, 5.74) is -1.89. The Kier molecular flexibility index (Phi) is 7.03. The van der Waals surface area contributed by atoms with Gasteiger partial charge >= 0.3 is 6.18 Å². The van der Waals surface area contributed by atoms with Crippen LogP contribution < -0.4 is 4.72 Å². The lowest BCUT2D eigenvalue weighted by Crippen LogP contribution is -2.57. The van der Waals surface area contributed by atoms with E-state index in [0.29, 0.717) is 0 Å². The SMILES string of the molecule is CC(C)(C)[S@@+]([O-])N[C@](C)(c1ccccc1F)[C@H](C=O)OCC(F)(F)F. The summed E-state index contributed by atoms with van der Waals surface area (Å²) in [4.78, 5) is 11.4. The first-order chi connectivity index (χ1) is 11.3. The van der Waals surface area contributed by atoms with Gasteiger partial charge < -0.3 is 14.1 Å². The highest BCUT2D eigenvalue weighted by Crippen LogP contribution is 2.32. The molecule has 0 saturated carbocycles. The molecule has 1 rings (SSSR count). The monoisotopic (exact) mass is 383 g/mol. The Morgan fingerprint density at radius 3 is 2.24 bits per heavy atom. The largest absolute Gasteiger partial charge is 0.598 e. The molecule has 1 N–H and O–H groups in total. The van der Waals surface area contributed by atoms with Crippen molar-refractivity contribution >= 4 is 17.6 Å². The number of nitrogens with one attached hydrogen (secondary N) is 1. The summed E-state index contributed by atoms with van der Waals surface area (Å²) in [5, 5.41) is 0. The first-order valence-electron chi connectivity index (χ1n) is 7.39. The first-order valence-corrected chi connectivity index (χ1v) is 8.54. The van der Waals surface area contributed by atoms with Crippen LogP contribution in [0.15, 0.2) is 24.3 Å². The zero-order valence-electron chi connectivity index (χ0n) is 14.3. The summed E-state index contributed by atoms with van der Waals surface area (Å²) in [5.74, 6) is -0.758. The fourth-order valence-electron chi connectivity index (χ4n) is 2.02. The summed E-state index contributed by atoms with van der Waals surface area (Å²) >= 11 is -1.80. The van der Waals surface area contributed by atoms with Crippen molar-refractivity contribution in [2.75, 3.05) is 6.61 Å². The highest BCUT2D eigenvalue weighted by Gasteiger charge is 2.46. The molecule has 0 aliphatic rings. The van der Waals surface area contributed by atoms with Crippen LogP contribution in [0.2, 0.25) is 0 Å². The molecule has 0 unspecified atom stereocenters. The summed E-state index contributed by atoms with van der Waals surface area (Å²) in [6.45, 7) is 4.48. The molecule has 25 heavy (non-hydrogen) atoms. The summed E-state index contributed by atoms with van der Waals surface area (Å²) in [7, 11) is 0. The maximum Gasteiger partial charge on any atom is 0.411 e. The van der Waals surface area contributed by atoms with Gasteiger partial charge in [0.05, 0.1) is 0 Å². The number of aldehydes is 1. The predicted octanol–water partition coefficient (Wildman–Crippen LogP) is 3.24. The van der Waals surface area contributed by atoms with Gasteiger partial charge in [-0.3, -0.25) is 0 Å². The number of hydrogen-bond donors (Lipinski definition) is 1. The molecule has 4 nitrogen and oxygen atoms in total. The van der Waals surface area contributed by atoms with Crippen LogP contribution in [0, 0.1) is 5.82 Å². The zero-order valence-corrected chi connectivity index (χ0v) is 15.1. The molecule has 1 aromatic rings. The maximum atomic E-state index is 14.3. The van der Waals surface area contributed by atoms with Gasteiger partial charge in [0.1, 0.15) is 28.8 Å². The molecule has 3 atom stereocenters. The van der Waals surface area contributed by atoms with Gasteiger partial charge in [-0.2, -0.15) is 13.2 Å². The minimum absolute atomic E-state index is 0.119. The molecule has 0 aliphatic heterocycles. The van der Waals surface area contributed by atoms with Crippen LogP contribution >= 0.6 is 0 Å². The Morgan fingerprint density at radius 1 is 1.24 bits per heavy atom. The maximum absolute atomic E-state index is 14.3. The molecule has 9 heteroatoms. The fraction of sp³-hybridized carbons (Fsp3) is 0.562. The van der Waals surface area contributed by atoms with E-state index in [1.54, 1.807) is 20.8 Å². The topological polar surface area (TPSA) is 61.4 Å². The molecule has 1 aromatic carbocycles. The van der Waals surface area contributed by atoms with Crippen LogP contribution in [0.1, 0.15) is 33.3 Å². The second kappa shape index (κ2) is 8.03. The second-order valence-electron chi connectivity index (χ2n) is 6.65. The molecule has 142 valence electrons. The third-order valence-corrected chi connectivity index (χ3v) is 5.14. The molecule has 0 fully saturated rings. The first kappa shape index (κ1) is 21.9. The van der Waals surface area contributed by atoms with Gasteiger partial charge in [0, 0.05) is 16.9 Å². The number of hydrogen-bond acceptors (Lipinski definition) is 4. The Hall–Kier alpha value is -1.16. The van der Waals surface area contributed by atoms with Crippen molar-refractivity contribution in [2.24, 2.45) is 0 Å². The molecule has 0 aliphatic carbocycles. The van der Waals surface area contributed by atoms with E-state index in [1.807, 2.05) is 0 Å². The molecule has 0 radical (unpaired) electrons. The Labute approximate surface area is 147 Å². The van der Waals surface area contributed by atoms with Crippen LogP contribution in [-0.4, -0.2) is 34.5 Å². The minimum atomic E-state index is -4.67. The van der Waals surface area contributed by atoms with E-state index in [-0.39, 0.29) is 11.8 Å². The quantitative estimate of drug-likeness (QED) is 0.446. The van der Waals surface area contributed by atoms with Gasteiger partial charge in [-0.1, -0.05) is 18.2 Å². The van der Waals surface area contributed by atoms with Crippen molar-refractivity contribution in [3.05, 3.63) is 35.6 Å². The Balaban J connectivity index is 3.30. The molecule has 0 spiro atoms. The molecule has 0 bridgehead atoms.